The standard InChI is InChI=1S/C26H20F6N2O3/c27-25(28,29)17-6-4-14(5-7-17)13-37-23-22(11-18(12-34-23)26(30,31)32)21-3-1-2-20(21)15-8-16(24(35)36)10-19(33)9-15/h4-12H,1-3,13,33H2,(H,35,36)/p-1. The fraction of sp³-hybridized carbons (Fsp3) is 0.231. The van der Waals surface area contributed by atoms with Crippen molar-refractivity contribution in [2.24, 2.45) is 0 Å². The van der Waals surface area contributed by atoms with Gasteiger partial charge in [-0.2, -0.15) is 26.3 Å². The molecular formula is C26H19F6N2O3-. The minimum absolute atomic E-state index is 0.0617. The lowest BCUT2D eigenvalue weighted by molar-refractivity contribution is -0.255. The summed E-state index contributed by atoms with van der Waals surface area (Å²) < 4.78 is 84.7. The number of aromatic nitrogens is 1. The van der Waals surface area contributed by atoms with Crippen molar-refractivity contribution in [1.29, 1.82) is 0 Å². The van der Waals surface area contributed by atoms with E-state index in [0.717, 1.165) is 18.2 Å². The molecular weight excluding hydrogens is 502 g/mol. The Morgan fingerprint density at radius 2 is 1.57 bits per heavy atom. The zero-order valence-corrected chi connectivity index (χ0v) is 19.0. The van der Waals surface area contributed by atoms with E-state index < -0.39 is 29.4 Å². The summed E-state index contributed by atoms with van der Waals surface area (Å²) in [5.41, 5.74) is 5.89. The predicted octanol–water partition coefficient (Wildman–Crippen LogP) is 5.74. The average molecular weight is 521 g/mol. The Hall–Kier alpha value is -4.02. The first-order chi connectivity index (χ1) is 17.3. The number of benzene rings is 2. The quantitative estimate of drug-likeness (QED) is 0.330. The van der Waals surface area contributed by atoms with Crippen molar-refractivity contribution in [3.05, 3.63) is 88.1 Å². The summed E-state index contributed by atoms with van der Waals surface area (Å²) in [6.45, 7) is -0.237. The molecule has 0 amide bonds. The van der Waals surface area contributed by atoms with E-state index in [4.69, 9.17) is 10.5 Å². The number of carboxylic acids is 1. The fourth-order valence-electron chi connectivity index (χ4n) is 4.18. The third kappa shape index (κ3) is 5.87. The van der Waals surface area contributed by atoms with E-state index in [1.807, 2.05) is 0 Å². The van der Waals surface area contributed by atoms with Gasteiger partial charge in [-0.3, -0.25) is 0 Å². The molecule has 1 aromatic heterocycles. The minimum atomic E-state index is -4.69. The number of aromatic carboxylic acids is 1. The summed E-state index contributed by atoms with van der Waals surface area (Å²) in [5, 5.41) is 11.4. The van der Waals surface area contributed by atoms with Crippen molar-refractivity contribution < 1.29 is 41.0 Å². The Morgan fingerprint density at radius 3 is 2.19 bits per heavy atom. The molecule has 11 heteroatoms. The number of ether oxygens (including phenoxy) is 1. The van der Waals surface area contributed by atoms with Gasteiger partial charge >= 0.3 is 12.4 Å². The number of alkyl halides is 6. The highest BCUT2D eigenvalue weighted by Crippen LogP contribution is 2.44. The van der Waals surface area contributed by atoms with Crippen LogP contribution in [-0.4, -0.2) is 11.0 Å². The number of anilines is 1. The van der Waals surface area contributed by atoms with E-state index in [0.29, 0.717) is 47.7 Å². The lowest BCUT2D eigenvalue weighted by atomic mass is 9.95. The number of hydrogen-bond donors (Lipinski definition) is 1. The number of nitrogens with two attached hydrogens (primary N) is 1. The van der Waals surface area contributed by atoms with Crippen molar-refractivity contribution in [3.63, 3.8) is 0 Å². The lowest BCUT2D eigenvalue weighted by Gasteiger charge is -2.17. The molecule has 0 saturated carbocycles. The third-order valence-electron chi connectivity index (χ3n) is 5.92. The number of pyridine rings is 1. The summed E-state index contributed by atoms with van der Waals surface area (Å²) in [4.78, 5) is 15.2. The van der Waals surface area contributed by atoms with E-state index in [9.17, 15) is 36.2 Å². The molecule has 0 atom stereocenters. The van der Waals surface area contributed by atoms with Crippen LogP contribution >= 0.6 is 0 Å². The van der Waals surface area contributed by atoms with Crippen molar-refractivity contribution >= 4 is 22.8 Å². The van der Waals surface area contributed by atoms with E-state index >= 15 is 0 Å². The first-order valence-electron chi connectivity index (χ1n) is 11.0. The van der Waals surface area contributed by atoms with Crippen molar-refractivity contribution in [1.82, 2.24) is 4.98 Å². The second-order valence-electron chi connectivity index (χ2n) is 8.50. The number of rotatable bonds is 6. The molecule has 0 saturated heterocycles. The number of allylic oxidation sites excluding steroid dienone is 2. The molecule has 0 bridgehead atoms. The average Bonchev–Trinajstić information content (AvgIpc) is 3.31. The van der Waals surface area contributed by atoms with Gasteiger partial charge in [0.25, 0.3) is 0 Å². The molecule has 194 valence electrons. The second kappa shape index (κ2) is 9.79. The maximum absolute atomic E-state index is 13.5. The highest BCUT2D eigenvalue weighted by molar-refractivity contribution is 5.96. The Kier molecular flexibility index (Phi) is 6.90. The fourth-order valence-corrected chi connectivity index (χ4v) is 4.18. The van der Waals surface area contributed by atoms with Gasteiger partial charge in [0.2, 0.25) is 5.88 Å². The predicted molar refractivity (Wildman–Crippen MR) is 121 cm³/mol. The molecule has 0 fully saturated rings. The summed E-state index contributed by atoms with van der Waals surface area (Å²) in [6.07, 6.45) is -7.19. The number of halogens is 6. The molecule has 0 radical (unpaired) electrons. The van der Waals surface area contributed by atoms with Crippen LogP contribution in [0.25, 0.3) is 11.1 Å². The van der Waals surface area contributed by atoms with Gasteiger partial charge in [0, 0.05) is 17.4 Å². The van der Waals surface area contributed by atoms with Gasteiger partial charge in [-0.1, -0.05) is 12.1 Å². The summed E-state index contributed by atoms with van der Waals surface area (Å²) in [7, 11) is 0. The van der Waals surface area contributed by atoms with Crippen LogP contribution in [0.4, 0.5) is 32.0 Å². The smallest absolute Gasteiger partial charge is 0.417 e. The summed E-state index contributed by atoms with van der Waals surface area (Å²) in [6, 6.07) is 9.17. The van der Waals surface area contributed by atoms with E-state index in [1.54, 1.807) is 0 Å². The summed E-state index contributed by atoms with van der Waals surface area (Å²) >= 11 is 0. The second-order valence-corrected chi connectivity index (χ2v) is 8.50. The van der Waals surface area contributed by atoms with Gasteiger partial charge < -0.3 is 20.4 Å². The maximum Gasteiger partial charge on any atom is 0.417 e. The lowest BCUT2D eigenvalue weighted by Crippen LogP contribution is -2.22. The first-order valence-corrected chi connectivity index (χ1v) is 11.0. The van der Waals surface area contributed by atoms with Gasteiger partial charge in [-0.15, -0.1) is 0 Å². The zero-order chi connectivity index (χ0) is 27.0. The van der Waals surface area contributed by atoms with Crippen LogP contribution in [0.5, 0.6) is 5.88 Å². The monoisotopic (exact) mass is 521 g/mol. The molecule has 0 spiro atoms. The van der Waals surface area contributed by atoms with Crippen LogP contribution in [0.15, 0.2) is 54.7 Å². The highest BCUT2D eigenvalue weighted by atomic mass is 19.4. The number of nitrogen functional groups attached to an aromatic ring is 1. The van der Waals surface area contributed by atoms with Gasteiger partial charge in [0.05, 0.1) is 17.1 Å². The Balaban J connectivity index is 1.75. The number of hydrogen-bond acceptors (Lipinski definition) is 5. The molecule has 2 aromatic carbocycles. The third-order valence-corrected chi connectivity index (χ3v) is 5.92. The van der Waals surface area contributed by atoms with E-state index in [2.05, 4.69) is 4.98 Å². The van der Waals surface area contributed by atoms with Gasteiger partial charge in [-0.05, 0) is 83.5 Å². The van der Waals surface area contributed by atoms with Crippen LogP contribution in [0.1, 0.15) is 57.4 Å². The molecule has 2 N–H and O–H groups in total. The topological polar surface area (TPSA) is 88.3 Å². The largest absolute Gasteiger partial charge is 0.545 e. The molecule has 5 nitrogen and oxygen atoms in total. The Bertz CT molecular complexity index is 1360. The number of nitrogens with zero attached hydrogens (tertiary/aromatic N) is 1. The number of carbonyl (C=O) groups excluding carboxylic acids is 1. The molecule has 1 heterocycles. The SMILES string of the molecule is Nc1cc(C(=O)[O-])cc(C2=C(c3cc(C(F)(F)F)cnc3OCc3ccc(C(F)(F)F)cc3)CCC2)c1. The van der Waals surface area contributed by atoms with Crippen LogP contribution in [0, 0.1) is 0 Å². The van der Waals surface area contributed by atoms with Gasteiger partial charge in [-0.25, -0.2) is 4.98 Å². The van der Waals surface area contributed by atoms with Crippen LogP contribution in [0.2, 0.25) is 0 Å². The normalized spacial score (nSPS) is 14.2. The molecule has 0 aliphatic heterocycles. The molecule has 37 heavy (non-hydrogen) atoms. The Labute approximate surface area is 207 Å². The van der Waals surface area contributed by atoms with Crippen molar-refractivity contribution in [2.45, 2.75) is 38.2 Å². The number of carboxylic acid groups (broad SMARTS) is 1. The van der Waals surface area contributed by atoms with Crippen molar-refractivity contribution in [3.8, 4) is 5.88 Å². The van der Waals surface area contributed by atoms with Gasteiger partial charge in [0.1, 0.15) is 6.61 Å². The molecule has 1 aliphatic carbocycles. The summed E-state index contributed by atoms with van der Waals surface area (Å²) in [5.74, 6) is -1.58. The molecule has 4 rings (SSSR count). The van der Waals surface area contributed by atoms with Gasteiger partial charge in [0.15, 0.2) is 0 Å². The molecule has 3 aromatic rings. The van der Waals surface area contributed by atoms with E-state index in [-0.39, 0.29) is 29.3 Å². The van der Waals surface area contributed by atoms with Crippen molar-refractivity contribution in [2.75, 3.05) is 5.73 Å². The molecule has 0 unspecified atom stereocenters. The number of carbonyl (C=O) groups is 1. The van der Waals surface area contributed by atoms with Crippen LogP contribution < -0.4 is 15.6 Å². The maximum atomic E-state index is 13.5. The first kappa shape index (κ1) is 26.1. The Morgan fingerprint density at radius 1 is 0.919 bits per heavy atom. The minimum Gasteiger partial charge on any atom is -0.545 e. The van der Waals surface area contributed by atoms with Crippen LogP contribution in [-0.2, 0) is 19.0 Å². The van der Waals surface area contributed by atoms with Crippen LogP contribution in [0.3, 0.4) is 0 Å². The zero-order valence-electron chi connectivity index (χ0n) is 19.0. The highest BCUT2D eigenvalue weighted by Gasteiger charge is 2.33. The molecule has 1 aliphatic rings. The van der Waals surface area contributed by atoms with E-state index in [1.165, 1.54) is 30.3 Å².